The summed E-state index contributed by atoms with van der Waals surface area (Å²) in [5.41, 5.74) is 1.15. The lowest BCUT2D eigenvalue weighted by atomic mass is 9.99. The molecule has 0 saturated heterocycles. The molecule has 2 atom stereocenters. The van der Waals surface area contributed by atoms with Gasteiger partial charge in [-0.3, -0.25) is 0 Å². The Balaban J connectivity index is 2.28. The second-order valence-electron chi connectivity index (χ2n) is 5.05. The van der Waals surface area contributed by atoms with Crippen LogP contribution in [0.3, 0.4) is 0 Å². The Labute approximate surface area is 115 Å². The number of carbonyl (C=O) groups excluding carboxylic acids is 1. The van der Waals surface area contributed by atoms with Crippen LogP contribution >= 0.6 is 0 Å². The molecule has 0 aromatic heterocycles. The monoisotopic (exact) mass is 264 g/mol. The van der Waals surface area contributed by atoms with Crippen molar-refractivity contribution in [1.82, 2.24) is 0 Å². The molecule has 0 aliphatic carbocycles. The zero-order valence-corrected chi connectivity index (χ0v) is 12.1. The van der Waals surface area contributed by atoms with Crippen molar-refractivity contribution in [3.05, 3.63) is 29.8 Å². The molecule has 3 nitrogen and oxygen atoms in total. The summed E-state index contributed by atoms with van der Waals surface area (Å²) in [6.45, 7) is 4.86. The van der Waals surface area contributed by atoms with Crippen LogP contribution in [-0.4, -0.2) is 19.5 Å². The molecule has 0 heterocycles. The topological polar surface area (TPSA) is 35.5 Å². The van der Waals surface area contributed by atoms with E-state index in [0.717, 1.165) is 30.4 Å². The van der Waals surface area contributed by atoms with Crippen molar-refractivity contribution in [3.8, 4) is 5.75 Å². The van der Waals surface area contributed by atoms with Gasteiger partial charge < -0.3 is 14.3 Å². The van der Waals surface area contributed by atoms with Crippen LogP contribution in [0.1, 0.15) is 38.7 Å². The van der Waals surface area contributed by atoms with Crippen molar-refractivity contribution in [2.75, 3.05) is 7.11 Å². The summed E-state index contributed by atoms with van der Waals surface area (Å²) in [7, 11) is 1.66. The molecular weight excluding hydrogens is 240 g/mol. The van der Waals surface area contributed by atoms with Crippen LogP contribution in [0.15, 0.2) is 24.3 Å². The summed E-state index contributed by atoms with van der Waals surface area (Å²) in [5, 5.41) is 0. The van der Waals surface area contributed by atoms with Gasteiger partial charge in [0.05, 0.1) is 19.8 Å². The van der Waals surface area contributed by atoms with Gasteiger partial charge in [0.25, 0.3) is 0 Å². The second kappa shape index (κ2) is 8.70. The number of rotatable bonds is 9. The van der Waals surface area contributed by atoms with E-state index in [2.05, 4.69) is 13.8 Å². The van der Waals surface area contributed by atoms with Crippen LogP contribution in [0.4, 0.5) is 0 Å². The van der Waals surface area contributed by atoms with Crippen molar-refractivity contribution in [1.29, 1.82) is 0 Å². The first kappa shape index (κ1) is 15.7. The van der Waals surface area contributed by atoms with Crippen LogP contribution < -0.4 is 4.74 Å². The van der Waals surface area contributed by atoms with Crippen molar-refractivity contribution in [2.24, 2.45) is 5.92 Å². The van der Waals surface area contributed by atoms with Gasteiger partial charge in [0.15, 0.2) is 0 Å². The highest BCUT2D eigenvalue weighted by molar-refractivity contribution is 5.49. The van der Waals surface area contributed by atoms with Crippen molar-refractivity contribution < 1.29 is 14.3 Å². The molecule has 0 fully saturated rings. The van der Waals surface area contributed by atoms with E-state index < -0.39 is 0 Å². The Morgan fingerprint density at radius 2 is 1.89 bits per heavy atom. The molecule has 1 aromatic carbocycles. The Morgan fingerprint density at radius 3 is 2.47 bits per heavy atom. The number of methoxy groups -OCH3 is 1. The first-order chi connectivity index (χ1) is 9.15. The van der Waals surface area contributed by atoms with E-state index in [1.807, 2.05) is 24.3 Å². The first-order valence-electron chi connectivity index (χ1n) is 6.84. The Hall–Kier alpha value is -1.35. The number of hydrogen-bond donors (Lipinski definition) is 0. The third-order valence-corrected chi connectivity index (χ3v) is 3.21. The van der Waals surface area contributed by atoms with Crippen LogP contribution in [0.5, 0.6) is 5.75 Å². The summed E-state index contributed by atoms with van der Waals surface area (Å²) in [6, 6.07) is 7.91. The normalized spacial score (nSPS) is 13.8. The molecule has 0 radical (unpaired) electrons. The van der Waals surface area contributed by atoms with E-state index in [4.69, 9.17) is 9.47 Å². The molecule has 1 unspecified atom stereocenters. The Morgan fingerprint density at radius 1 is 1.21 bits per heavy atom. The molecule has 0 bridgehead atoms. The predicted octanol–water partition coefficient (Wildman–Crippen LogP) is 3.61. The fourth-order valence-electron chi connectivity index (χ4n) is 2.07. The molecule has 106 valence electrons. The SMILES string of the molecule is COc1ccc(COC(C)C[C@@H](C)CCC=O)cc1. The minimum atomic E-state index is 0.212. The Bertz CT molecular complexity index is 359. The molecule has 0 aliphatic rings. The number of hydrogen-bond acceptors (Lipinski definition) is 3. The molecular formula is C16H24O3. The molecule has 19 heavy (non-hydrogen) atoms. The third kappa shape index (κ3) is 6.39. The van der Waals surface area contributed by atoms with Crippen molar-refractivity contribution in [3.63, 3.8) is 0 Å². The van der Waals surface area contributed by atoms with Crippen LogP contribution in [-0.2, 0) is 16.1 Å². The van der Waals surface area contributed by atoms with Gasteiger partial charge in [-0.05, 0) is 43.4 Å². The van der Waals surface area contributed by atoms with Crippen molar-refractivity contribution in [2.45, 2.75) is 45.8 Å². The lowest BCUT2D eigenvalue weighted by molar-refractivity contribution is -0.108. The maximum absolute atomic E-state index is 10.3. The fraction of sp³-hybridized carbons (Fsp3) is 0.562. The average molecular weight is 264 g/mol. The molecule has 0 aliphatic heterocycles. The second-order valence-corrected chi connectivity index (χ2v) is 5.05. The third-order valence-electron chi connectivity index (χ3n) is 3.21. The largest absolute Gasteiger partial charge is 0.497 e. The van der Waals surface area contributed by atoms with E-state index >= 15 is 0 Å². The average Bonchev–Trinajstić information content (AvgIpc) is 2.43. The number of ether oxygens (including phenoxy) is 2. The zero-order valence-electron chi connectivity index (χ0n) is 12.1. The summed E-state index contributed by atoms with van der Waals surface area (Å²) < 4.78 is 10.9. The summed E-state index contributed by atoms with van der Waals surface area (Å²) in [5.74, 6) is 1.38. The maximum Gasteiger partial charge on any atom is 0.120 e. The quantitative estimate of drug-likeness (QED) is 0.639. The highest BCUT2D eigenvalue weighted by Crippen LogP contribution is 2.16. The van der Waals surface area contributed by atoms with E-state index in [1.54, 1.807) is 7.11 Å². The summed E-state index contributed by atoms with van der Waals surface area (Å²) >= 11 is 0. The Kier molecular flexibility index (Phi) is 7.19. The molecule has 0 N–H and O–H groups in total. The minimum Gasteiger partial charge on any atom is -0.497 e. The fourth-order valence-corrected chi connectivity index (χ4v) is 2.07. The number of benzene rings is 1. The predicted molar refractivity (Wildman–Crippen MR) is 76.3 cm³/mol. The van der Waals surface area contributed by atoms with Gasteiger partial charge in [0, 0.05) is 6.42 Å². The van der Waals surface area contributed by atoms with E-state index in [9.17, 15) is 4.79 Å². The van der Waals surface area contributed by atoms with E-state index in [0.29, 0.717) is 18.9 Å². The summed E-state index contributed by atoms with van der Waals surface area (Å²) in [4.78, 5) is 10.3. The maximum atomic E-state index is 10.3. The van der Waals surface area contributed by atoms with Crippen LogP contribution in [0, 0.1) is 5.92 Å². The number of aldehydes is 1. The van der Waals surface area contributed by atoms with E-state index in [-0.39, 0.29) is 6.10 Å². The standard InChI is InChI=1S/C16H24O3/c1-13(5-4-10-17)11-14(2)19-12-15-6-8-16(18-3)9-7-15/h6-10,13-14H,4-5,11-12H2,1-3H3/t13-,14?/m0/s1. The highest BCUT2D eigenvalue weighted by Gasteiger charge is 2.09. The van der Waals surface area contributed by atoms with Gasteiger partial charge in [0.1, 0.15) is 12.0 Å². The van der Waals surface area contributed by atoms with Crippen LogP contribution in [0.2, 0.25) is 0 Å². The minimum absolute atomic E-state index is 0.212. The van der Waals surface area contributed by atoms with Gasteiger partial charge in [-0.25, -0.2) is 0 Å². The number of carbonyl (C=O) groups is 1. The first-order valence-corrected chi connectivity index (χ1v) is 6.84. The lowest BCUT2D eigenvalue weighted by Crippen LogP contribution is -2.12. The summed E-state index contributed by atoms with van der Waals surface area (Å²) in [6.07, 6.45) is 3.78. The van der Waals surface area contributed by atoms with Gasteiger partial charge in [-0.2, -0.15) is 0 Å². The molecule has 0 amide bonds. The zero-order chi connectivity index (χ0) is 14.1. The smallest absolute Gasteiger partial charge is 0.120 e. The van der Waals surface area contributed by atoms with Crippen LogP contribution in [0.25, 0.3) is 0 Å². The van der Waals surface area contributed by atoms with E-state index in [1.165, 1.54) is 0 Å². The molecule has 1 aromatic rings. The van der Waals surface area contributed by atoms with Gasteiger partial charge >= 0.3 is 0 Å². The van der Waals surface area contributed by atoms with Gasteiger partial charge in [0.2, 0.25) is 0 Å². The molecule has 3 heteroatoms. The van der Waals surface area contributed by atoms with Gasteiger partial charge in [-0.1, -0.05) is 19.1 Å². The highest BCUT2D eigenvalue weighted by atomic mass is 16.5. The van der Waals surface area contributed by atoms with Gasteiger partial charge in [-0.15, -0.1) is 0 Å². The van der Waals surface area contributed by atoms with Crippen molar-refractivity contribution >= 4 is 6.29 Å². The molecule has 1 rings (SSSR count). The molecule has 0 spiro atoms. The lowest BCUT2D eigenvalue weighted by Gasteiger charge is -2.17. The molecule has 0 saturated carbocycles.